The van der Waals surface area contributed by atoms with Gasteiger partial charge in [0.05, 0.1) is 0 Å². The summed E-state index contributed by atoms with van der Waals surface area (Å²) in [6.07, 6.45) is 0. The van der Waals surface area contributed by atoms with Crippen molar-refractivity contribution >= 4 is 11.6 Å². The Morgan fingerprint density at radius 2 is 1.47 bits per heavy atom. The molecule has 6 heteroatoms. The zero-order chi connectivity index (χ0) is 14.0. The lowest BCUT2D eigenvalue weighted by atomic mass is 10.1. The van der Waals surface area contributed by atoms with Crippen molar-refractivity contribution in [2.75, 3.05) is 5.32 Å². The van der Waals surface area contributed by atoms with Crippen LogP contribution in [0.25, 0.3) is 0 Å². The van der Waals surface area contributed by atoms with E-state index in [4.69, 9.17) is 0 Å². The molecule has 0 aliphatic carbocycles. The third-order valence-electron chi connectivity index (χ3n) is 2.42. The average molecular weight is 267 g/mol. The summed E-state index contributed by atoms with van der Waals surface area (Å²) in [5.41, 5.74) is -1.37. The van der Waals surface area contributed by atoms with Crippen LogP contribution in [-0.4, -0.2) is 11.0 Å². The number of hydrogen-bond acceptors (Lipinski definition) is 2. The molecule has 2 aromatic carbocycles. The monoisotopic (exact) mass is 267 g/mol. The number of aromatic hydroxyl groups is 1. The molecule has 2 N–H and O–H groups in total. The Hall–Kier alpha value is -2.50. The van der Waals surface area contributed by atoms with Crippen LogP contribution >= 0.6 is 0 Å². The summed E-state index contributed by atoms with van der Waals surface area (Å²) in [6.45, 7) is 0. The summed E-state index contributed by atoms with van der Waals surface area (Å²) in [7, 11) is 0. The smallest absolute Gasteiger partial charge is 0.262 e. The van der Waals surface area contributed by atoms with Crippen molar-refractivity contribution < 1.29 is 23.1 Å². The Balaban J connectivity index is 2.37. The molecule has 0 spiro atoms. The van der Waals surface area contributed by atoms with E-state index >= 15 is 0 Å². The van der Waals surface area contributed by atoms with Crippen LogP contribution < -0.4 is 5.32 Å². The average Bonchev–Trinajstić information content (AvgIpc) is 2.34. The van der Waals surface area contributed by atoms with Crippen LogP contribution in [-0.2, 0) is 0 Å². The first-order valence-electron chi connectivity index (χ1n) is 5.23. The van der Waals surface area contributed by atoms with Crippen molar-refractivity contribution in [2.24, 2.45) is 0 Å². The number of phenols is 1. The van der Waals surface area contributed by atoms with Crippen LogP contribution in [0, 0.1) is 17.5 Å². The maximum Gasteiger partial charge on any atom is 0.262 e. The molecule has 19 heavy (non-hydrogen) atoms. The summed E-state index contributed by atoms with van der Waals surface area (Å²) in [5, 5.41) is 11.3. The van der Waals surface area contributed by atoms with E-state index in [1.54, 1.807) is 0 Å². The van der Waals surface area contributed by atoms with E-state index in [0.29, 0.717) is 0 Å². The molecular formula is C13H8F3NO2. The van der Waals surface area contributed by atoms with Crippen molar-refractivity contribution in [2.45, 2.75) is 0 Å². The zero-order valence-corrected chi connectivity index (χ0v) is 9.45. The Labute approximate surface area is 106 Å². The van der Waals surface area contributed by atoms with Gasteiger partial charge in [-0.3, -0.25) is 4.79 Å². The Bertz CT molecular complexity index is 603. The normalized spacial score (nSPS) is 10.3. The molecule has 0 radical (unpaired) electrons. The Kier molecular flexibility index (Phi) is 3.41. The maximum absolute atomic E-state index is 13.4. The fourth-order valence-electron chi connectivity index (χ4n) is 1.53. The predicted molar refractivity (Wildman–Crippen MR) is 62.4 cm³/mol. The van der Waals surface area contributed by atoms with Crippen LogP contribution in [0.4, 0.5) is 18.9 Å². The zero-order valence-electron chi connectivity index (χ0n) is 9.45. The first-order chi connectivity index (χ1) is 9.00. The molecule has 0 saturated heterocycles. The van der Waals surface area contributed by atoms with E-state index in [2.05, 4.69) is 0 Å². The molecule has 98 valence electrons. The fourth-order valence-corrected chi connectivity index (χ4v) is 1.53. The van der Waals surface area contributed by atoms with Crippen molar-refractivity contribution in [3.05, 3.63) is 59.4 Å². The number of phenolic OH excluding ortho intramolecular Hbond substituents is 1. The minimum Gasteiger partial charge on any atom is -0.507 e. The van der Waals surface area contributed by atoms with E-state index in [9.17, 15) is 23.1 Å². The van der Waals surface area contributed by atoms with Crippen LogP contribution in [0.15, 0.2) is 36.4 Å². The largest absolute Gasteiger partial charge is 0.507 e. The highest BCUT2D eigenvalue weighted by Crippen LogP contribution is 2.23. The highest BCUT2D eigenvalue weighted by atomic mass is 19.1. The predicted octanol–water partition coefficient (Wildman–Crippen LogP) is 3.06. The van der Waals surface area contributed by atoms with E-state index in [-0.39, 0.29) is 0 Å². The Morgan fingerprint density at radius 3 is 2.05 bits per heavy atom. The van der Waals surface area contributed by atoms with Crippen molar-refractivity contribution in [1.82, 2.24) is 0 Å². The van der Waals surface area contributed by atoms with Gasteiger partial charge in [-0.05, 0) is 24.3 Å². The van der Waals surface area contributed by atoms with Gasteiger partial charge in [-0.25, -0.2) is 13.2 Å². The van der Waals surface area contributed by atoms with Gasteiger partial charge in [-0.2, -0.15) is 0 Å². The second-order valence-electron chi connectivity index (χ2n) is 3.68. The number of amides is 1. The van der Waals surface area contributed by atoms with Gasteiger partial charge in [0, 0.05) is 0 Å². The summed E-state index contributed by atoms with van der Waals surface area (Å²) in [6, 6.07) is 6.26. The number of benzene rings is 2. The van der Waals surface area contributed by atoms with Gasteiger partial charge in [0.15, 0.2) is 0 Å². The molecule has 2 aromatic rings. The van der Waals surface area contributed by atoms with E-state index in [0.717, 1.165) is 30.3 Å². The molecule has 3 nitrogen and oxygen atoms in total. The molecule has 0 fully saturated rings. The number of anilines is 1. The van der Waals surface area contributed by atoms with Gasteiger partial charge in [-0.1, -0.05) is 12.1 Å². The molecule has 0 saturated carbocycles. The van der Waals surface area contributed by atoms with Crippen molar-refractivity contribution in [1.29, 1.82) is 0 Å². The topological polar surface area (TPSA) is 49.3 Å². The van der Waals surface area contributed by atoms with Crippen molar-refractivity contribution in [3.63, 3.8) is 0 Å². The van der Waals surface area contributed by atoms with Gasteiger partial charge in [0.25, 0.3) is 5.91 Å². The van der Waals surface area contributed by atoms with E-state index < -0.39 is 40.4 Å². The first-order valence-corrected chi connectivity index (χ1v) is 5.23. The van der Waals surface area contributed by atoms with Gasteiger partial charge >= 0.3 is 0 Å². The summed E-state index contributed by atoms with van der Waals surface area (Å²) >= 11 is 0. The fraction of sp³-hybridized carbons (Fsp3) is 0. The molecule has 0 atom stereocenters. The second kappa shape index (κ2) is 5.01. The molecule has 0 bridgehead atoms. The third kappa shape index (κ3) is 2.52. The van der Waals surface area contributed by atoms with Crippen LogP contribution in [0.1, 0.15) is 10.4 Å². The van der Waals surface area contributed by atoms with Gasteiger partial charge in [0.1, 0.15) is 34.5 Å². The van der Waals surface area contributed by atoms with Gasteiger partial charge in [-0.15, -0.1) is 0 Å². The molecule has 0 aliphatic heterocycles. The molecule has 0 aromatic heterocycles. The summed E-state index contributed by atoms with van der Waals surface area (Å²) in [5.74, 6) is -4.74. The number of hydrogen-bond donors (Lipinski definition) is 2. The van der Waals surface area contributed by atoms with Crippen LogP contribution in [0.5, 0.6) is 5.75 Å². The number of halogens is 3. The molecule has 2 rings (SSSR count). The molecule has 1 amide bonds. The number of para-hydroxylation sites is 1. The first kappa shape index (κ1) is 12.9. The van der Waals surface area contributed by atoms with Crippen LogP contribution in [0.2, 0.25) is 0 Å². The third-order valence-corrected chi connectivity index (χ3v) is 2.42. The summed E-state index contributed by atoms with van der Waals surface area (Å²) in [4.78, 5) is 11.7. The minimum atomic E-state index is -1.14. The number of rotatable bonds is 2. The van der Waals surface area contributed by atoms with Gasteiger partial charge in [0.2, 0.25) is 0 Å². The lowest BCUT2D eigenvalue weighted by Crippen LogP contribution is -2.16. The Morgan fingerprint density at radius 1 is 0.947 bits per heavy atom. The summed E-state index contributed by atoms with van der Waals surface area (Å²) < 4.78 is 40.0. The van der Waals surface area contributed by atoms with Gasteiger partial charge < -0.3 is 10.4 Å². The van der Waals surface area contributed by atoms with E-state index in [1.165, 1.54) is 6.07 Å². The standard InChI is InChI=1S/C13H8F3NO2/c14-7-3-2-6-10(18)11(7)13(19)17-12-8(15)4-1-5-9(12)16/h1-6,18H,(H,17,19). The molecule has 0 unspecified atom stereocenters. The minimum absolute atomic E-state index is 0.616. The number of nitrogens with one attached hydrogen (secondary N) is 1. The maximum atomic E-state index is 13.4. The SMILES string of the molecule is O=C(Nc1c(F)cccc1F)c1c(O)cccc1F. The quantitative estimate of drug-likeness (QED) is 0.878. The van der Waals surface area contributed by atoms with Crippen LogP contribution in [0.3, 0.4) is 0 Å². The highest BCUT2D eigenvalue weighted by molar-refractivity contribution is 6.06. The molecule has 0 aliphatic rings. The highest BCUT2D eigenvalue weighted by Gasteiger charge is 2.19. The molecule has 0 heterocycles. The molecular weight excluding hydrogens is 259 g/mol. The number of carbonyl (C=O) groups excluding carboxylic acids is 1. The van der Waals surface area contributed by atoms with E-state index in [1.807, 2.05) is 5.32 Å². The number of carbonyl (C=O) groups is 1. The van der Waals surface area contributed by atoms with Crippen molar-refractivity contribution in [3.8, 4) is 5.75 Å². The second-order valence-corrected chi connectivity index (χ2v) is 3.68. The lowest BCUT2D eigenvalue weighted by molar-refractivity contribution is 0.101. The lowest BCUT2D eigenvalue weighted by Gasteiger charge is -2.09.